The average Bonchev–Trinajstić information content (AvgIpc) is 2.52. The lowest BCUT2D eigenvalue weighted by Gasteiger charge is -2.34. The van der Waals surface area contributed by atoms with Gasteiger partial charge in [-0.3, -0.25) is 9.13 Å². The summed E-state index contributed by atoms with van der Waals surface area (Å²) in [4.78, 5) is 34.7. The second kappa shape index (κ2) is 4.36. The third kappa shape index (κ3) is 1.92. The number of rotatable bonds is 2. The molecule has 0 amide bonds. The van der Waals surface area contributed by atoms with Gasteiger partial charge in [-0.15, -0.1) is 0 Å². The molecule has 0 aromatic rings. The van der Waals surface area contributed by atoms with Crippen molar-refractivity contribution in [1.82, 2.24) is 5.32 Å². The van der Waals surface area contributed by atoms with E-state index in [1.54, 1.807) is 0 Å². The van der Waals surface area contributed by atoms with Gasteiger partial charge in [0.05, 0.1) is 6.10 Å². The van der Waals surface area contributed by atoms with Gasteiger partial charge in [0.25, 0.3) is 0 Å². The van der Waals surface area contributed by atoms with Crippen LogP contribution in [0, 0.1) is 5.92 Å². The molecule has 1 saturated carbocycles. The molecule has 0 radical (unpaired) electrons. The molecular formula is C8H17NO7P2. The number of fused-ring (bicyclic) bond motifs is 1. The predicted molar refractivity (Wildman–Crippen MR) is 62.0 cm³/mol. The van der Waals surface area contributed by atoms with Crippen LogP contribution in [0.5, 0.6) is 0 Å². The maximum atomic E-state index is 11.6. The van der Waals surface area contributed by atoms with E-state index >= 15 is 0 Å². The van der Waals surface area contributed by atoms with Gasteiger partial charge >= 0.3 is 15.2 Å². The zero-order valence-corrected chi connectivity index (χ0v) is 11.3. The zero-order valence-electron chi connectivity index (χ0n) is 9.51. The second-order valence-corrected chi connectivity index (χ2v) is 9.12. The summed E-state index contributed by atoms with van der Waals surface area (Å²) in [5.41, 5.74) is 0. The lowest BCUT2D eigenvalue weighted by Crippen LogP contribution is -2.49. The van der Waals surface area contributed by atoms with E-state index in [-0.39, 0.29) is 12.3 Å². The summed E-state index contributed by atoms with van der Waals surface area (Å²) in [7, 11) is -10.3. The first-order chi connectivity index (χ1) is 8.11. The van der Waals surface area contributed by atoms with Gasteiger partial charge in [-0.1, -0.05) is 0 Å². The van der Waals surface area contributed by atoms with E-state index in [9.17, 15) is 33.8 Å². The fraction of sp³-hybridized carbons (Fsp3) is 1.00. The van der Waals surface area contributed by atoms with Gasteiger partial charge in [0.2, 0.25) is 0 Å². The van der Waals surface area contributed by atoms with E-state index in [0.29, 0.717) is 13.0 Å². The molecule has 1 heterocycles. The van der Waals surface area contributed by atoms with Crippen LogP contribution in [0.3, 0.4) is 0 Å². The van der Waals surface area contributed by atoms with Crippen molar-refractivity contribution in [1.29, 1.82) is 0 Å². The second-order valence-electron chi connectivity index (χ2n) is 5.00. The van der Waals surface area contributed by atoms with Crippen molar-refractivity contribution >= 4 is 15.2 Å². The lowest BCUT2D eigenvalue weighted by molar-refractivity contribution is 0.107. The fourth-order valence-corrected chi connectivity index (χ4v) is 6.44. The van der Waals surface area contributed by atoms with Crippen LogP contribution in [0.15, 0.2) is 0 Å². The van der Waals surface area contributed by atoms with Crippen molar-refractivity contribution in [3.63, 3.8) is 0 Å². The van der Waals surface area contributed by atoms with Crippen LogP contribution in [0.25, 0.3) is 0 Å². The first-order valence-corrected chi connectivity index (χ1v) is 8.86. The molecule has 6 N–H and O–H groups in total. The van der Waals surface area contributed by atoms with Crippen molar-refractivity contribution < 1.29 is 33.8 Å². The summed E-state index contributed by atoms with van der Waals surface area (Å²) in [5.74, 6) is -0.325. The summed E-state index contributed by atoms with van der Waals surface area (Å²) in [6.45, 7) is 0.566. The molecule has 0 aromatic heterocycles. The van der Waals surface area contributed by atoms with Crippen LogP contribution < -0.4 is 5.32 Å². The van der Waals surface area contributed by atoms with E-state index < -0.39 is 32.2 Å². The number of hydrogen-bond donors (Lipinski definition) is 6. The van der Waals surface area contributed by atoms with E-state index in [4.69, 9.17) is 0 Å². The highest BCUT2D eigenvalue weighted by atomic mass is 31.2. The molecular weight excluding hydrogens is 284 g/mol. The minimum Gasteiger partial charge on any atom is -0.390 e. The number of nitrogens with one attached hydrogen (secondary N) is 1. The molecule has 18 heavy (non-hydrogen) atoms. The van der Waals surface area contributed by atoms with Crippen LogP contribution in [0.1, 0.15) is 19.3 Å². The molecule has 3 unspecified atom stereocenters. The zero-order chi connectivity index (χ0) is 13.8. The number of piperidine rings is 1. The molecule has 1 saturated heterocycles. The first kappa shape index (κ1) is 14.6. The Morgan fingerprint density at radius 2 is 1.67 bits per heavy atom. The third-order valence-corrected chi connectivity index (χ3v) is 8.50. The Bertz CT molecular complexity index is 407. The van der Waals surface area contributed by atoms with Gasteiger partial charge < -0.3 is 30.0 Å². The summed E-state index contributed by atoms with van der Waals surface area (Å²) in [6, 6.07) is -0.668. The highest BCUT2D eigenvalue weighted by Crippen LogP contribution is 2.75. The van der Waals surface area contributed by atoms with E-state index in [1.807, 2.05) is 0 Å². The molecule has 3 atom stereocenters. The van der Waals surface area contributed by atoms with Gasteiger partial charge in [-0.2, -0.15) is 0 Å². The fourth-order valence-electron chi connectivity index (χ4n) is 3.12. The Labute approximate surface area is 104 Å². The summed E-state index contributed by atoms with van der Waals surface area (Å²) >= 11 is 0. The van der Waals surface area contributed by atoms with Crippen molar-refractivity contribution in [3.8, 4) is 0 Å². The Balaban J connectivity index is 2.50. The van der Waals surface area contributed by atoms with Gasteiger partial charge in [-0.05, 0) is 31.7 Å². The first-order valence-electron chi connectivity index (χ1n) is 5.64. The molecule has 0 aromatic carbocycles. The smallest absolute Gasteiger partial charge is 0.346 e. The molecule has 1 aliphatic carbocycles. The van der Waals surface area contributed by atoms with Crippen molar-refractivity contribution in [2.75, 3.05) is 6.54 Å². The standard InChI is InChI=1S/C8H17NO7P2/c10-7-6-5(2-1-3-9-6)4-8(7,17(11,12)13)18(14,15)16/h5-7,9-10H,1-4H2,(H2,11,12,13)(H2,14,15,16). The molecule has 106 valence electrons. The molecule has 8 nitrogen and oxygen atoms in total. The van der Waals surface area contributed by atoms with E-state index in [2.05, 4.69) is 5.32 Å². The average molecular weight is 301 g/mol. The number of aliphatic hydroxyl groups is 1. The van der Waals surface area contributed by atoms with Crippen molar-refractivity contribution in [2.45, 2.75) is 36.3 Å². The summed E-state index contributed by atoms with van der Waals surface area (Å²) in [5, 5.41) is 13.0. The number of hydrogen-bond acceptors (Lipinski definition) is 4. The largest absolute Gasteiger partial charge is 0.390 e. The normalized spacial score (nSPS) is 36.4. The Kier molecular flexibility index (Phi) is 3.55. The van der Waals surface area contributed by atoms with Crippen LogP contribution in [-0.2, 0) is 9.13 Å². The third-order valence-electron chi connectivity index (χ3n) is 4.02. The molecule has 0 spiro atoms. The van der Waals surface area contributed by atoms with E-state index in [0.717, 1.165) is 6.42 Å². The number of aliphatic hydroxyl groups excluding tert-OH is 1. The van der Waals surface area contributed by atoms with Crippen molar-refractivity contribution in [2.24, 2.45) is 5.92 Å². The predicted octanol–water partition coefficient (Wildman–Crippen LogP) is -0.829. The van der Waals surface area contributed by atoms with Gasteiger partial charge in [0.15, 0.2) is 4.90 Å². The molecule has 2 aliphatic rings. The van der Waals surface area contributed by atoms with Crippen LogP contribution in [0.4, 0.5) is 0 Å². The molecule has 1 aliphatic heterocycles. The highest BCUT2D eigenvalue weighted by Gasteiger charge is 2.71. The minimum absolute atomic E-state index is 0.325. The van der Waals surface area contributed by atoms with E-state index in [1.165, 1.54) is 0 Å². The summed E-state index contributed by atoms with van der Waals surface area (Å²) in [6.07, 6.45) is -0.757. The highest BCUT2D eigenvalue weighted by molar-refractivity contribution is 7.72. The van der Waals surface area contributed by atoms with Crippen LogP contribution >= 0.6 is 15.2 Å². The van der Waals surface area contributed by atoms with Crippen molar-refractivity contribution in [3.05, 3.63) is 0 Å². The maximum absolute atomic E-state index is 11.6. The SMILES string of the molecule is O=P(O)(O)C1(P(=O)(O)O)CC2CCCNC2C1O. The molecule has 10 heteroatoms. The van der Waals surface area contributed by atoms with Crippen LogP contribution in [-0.4, -0.2) is 48.3 Å². The Morgan fingerprint density at radius 3 is 2.11 bits per heavy atom. The van der Waals surface area contributed by atoms with Gasteiger partial charge in [-0.25, -0.2) is 0 Å². The molecule has 2 fully saturated rings. The van der Waals surface area contributed by atoms with Gasteiger partial charge in [0.1, 0.15) is 0 Å². The summed E-state index contributed by atoms with van der Waals surface area (Å²) < 4.78 is 23.1. The Morgan fingerprint density at radius 1 is 1.11 bits per heavy atom. The monoisotopic (exact) mass is 301 g/mol. The topological polar surface area (TPSA) is 147 Å². The molecule has 2 rings (SSSR count). The maximum Gasteiger partial charge on any atom is 0.346 e. The quantitative estimate of drug-likeness (QED) is 0.362. The van der Waals surface area contributed by atoms with Gasteiger partial charge in [0, 0.05) is 6.04 Å². The van der Waals surface area contributed by atoms with Crippen LogP contribution in [0.2, 0.25) is 0 Å². The Hall–Kier alpha value is 0.220. The lowest BCUT2D eigenvalue weighted by atomic mass is 9.93. The minimum atomic E-state index is -5.15. The molecule has 0 bridgehead atoms.